The van der Waals surface area contributed by atoms with Gasteiger partial charge < -0.3 is 0 Å². The molecule has 2 rings (SSSR count). The molecule has 0 amide bonds. The van der Waals surface area contributed by atoms with Gasteiger partial charge >= 0.3 is 150 Å². The molecule has 0 saturated heterocycles. The van der Waals surface area contributed by atoms with E-state index in [0.29, 0.717) is 0 Å². The number of hydrogen-bond acceptors (Lipinski definition) is 1. The first kappa shape index (κ1) is 17.7. The third-order valence-electron chi connectivity index (χ3n) is 3.34. The van der Waals surface area contributed by atoms with Crippen LogP contribution in [-0.4, -0.2) is 20.9 Å². The van der Waals surface area contributed by atoms with Crippen LogP contribution in [0.2, 0.25) is 0 Å². The molecule has 116 valence electrons. The third kappa shape index (κ3) is 7.05. The molecule has 22 heavy (non-hydrogen) atoms. The molecule has 0 heterocycles. The van der Waals surface area contributed by atoms with E-state index in [1.54, 1.807) is 7.23 Å². The van der Waals surface area contributed by atoms with E-state index < -0.39 is 0 Å². The molecular formula is C20H24STe. The summed E-state index contributed by atoms with van der Waals surface area (Å²) in [5, 5.41) is 2.43. The van der Waals surface area contributed by atoms with Crippen LogP contribution < -0.4 is 3.61 Å². The van der Waals surface area contributed by atoms with E-state index in [1.165, 1.54) is 37.0 Å². The van der Waals surface area contributed by atoms with Crippen LogP contribution in [0.15, 0.2) is 74.6 Å². The molecule has 0 fully saturated rings. The summed E-state index contributed by atoms with van der Waals surface area (Å²) in [6.07, 6.45) is 6.66. The molecule has 0 atom stereocenters. The predicted octanol–water partition coefficient (Wildman–Crippen LogP) is 5.62. The Balaban J connectivity index is 1.97. The minimum absolute atomic E-state index is 0.219. The molecule has 0 aliphatic carbocycles. The van der Waals surface area contributed by atoms with Gasteiger partial charge in [-0.05, 0) is 0 Å². The zero-order valence-corrected chi connectivity index (χ0v) is 16.3. The van der Waals surface area contributed by atoms with Gasteiger partial charge in [0.25, 0.3) is 0 Å². The summed E-state index contributed by atoms with van der Waals surface area (Å²) in [4.78, 5) is 1.34. The van der Waals surface area contributed by atoms with Crippen molar-refractivity contribution < 1.29 is 0 Å². The summed E-state index contributed by atoms with van der Waals surface area (Å²) < 4.78 is 3.23. The summed E-state index contributed by atoms with van der Waals surface area (Å²) in [6.45, 7) is 2.28. The number of benzene rings is 2. The van der Waals surface area contributed by atoms with Crippen molar-refractivity contribution in [3.8, 4) is 0 Å². The van der Waals surface area contributed by atoms with Crippen molar-refractivity contribution >= 4 is 36.3 Å². The zero-order valence-electron chi connectivity index (χ0n) is 13.2. The summed E-state index contributed by atoms with van der Waals surface area (Å²) in [5.74, 6) is 0. The molecule has 0 N–H and O–H groups in total. The van der Waals surface area contributed by atoms with E-state index in [-0.39, 0.29) is 20.9 Å². The van der Waals surface area contributed by atoms with E-state index in [1.807, 2.05) is 11.8 Å². The van der Waals surface area contributed by atoms with E-state index in [9.17, 15) is 0 Å². The fraction of sp³-hybridized carbons (Fsp3) is 0.300. The van der Waals surface area contributed by atoms with E-state index >= 15 is 0 Å². The van der Waals surface area contributed by atoms with Crippen LogP contribution in [0.3, 0.4) is 0 Å². The fourth-order valence-corrected chi connectivity index (χ4v) is 6.11. The molecule has 0 nitrogen and oxygen atoms in total. The van der Waals surface area contributed by atoms with Gasteiger partial charge in [0.2, 0.25) is 0 Å². The number of unbranched alkanes of at least 4 members (excludes halogenated alkanes) is 3. The third-order valence-corrected chi connectivity index (χ3v) is 7.87. The molecule has 0 bridgehead atoms. The fourth-order valence-electron chi connectivity index (χ4n) is 2.13. The monoisotopic (exact) mass is 426 g/mol. The number of hydrogen-bond donors (Lipinski definition) is 0. The molecule has 0 aromatic heterocycles. The van der Waals surface area contributed by atoms with Crippen molar-refractivity contribution in [2.24, 2.45) is 0 Å². The second-order valence-corrected chi connectivity index (χ2v) is 9.61. The first-order chi connectivity index (χ1) is 10.9. The Morgan fingerprint density at radius 3 is 2.27 bits per heavy atom. The van der Waals surface area contributed by atoms with Crippen LogP contribution in [-0.2, 0) is 0 Å². The van der Waals surface area contributed by atoms with Gasteiger partial charge in [0.1, 0.15) is 0 Å². The molecule has 0 saturated carbocycles. The number of thioether (sulfide) groups is 1. The maximum atomic E-state index is 2.43. The molecule has 2 heteroatoms. The Kier molecular flexibility index (Phi) is 8.79. The molecule has 0 unspecified atom stereocenters. The molecule has 0 radical (unpaired) electrons. The SMILES string of the molecule is CCCCCCC(=CSc1ccccc1)[Te]c1ccccc1. The molecule has 0 aliphatic rings. The van der Waals surface area contributed by atoms with Crippen molar-refractivity contribution in [2.75, 3.05) is 0 Å². The Morgan fingerprint density at radius 1 is 0.909 bits per heavy atom. The van der Waals surface area contributed by atoms with Gasteiger partial charge in [-0.3, -0.25) is 0 Å². The average Bonchev–Trinajstić information content (AvgIpc) is 2.58. The van der Waals surface area contributed by atoms with Gasteiger partial charge in [-0.25, -0.2) is 0 Å². The Labute approximate surface area is 149 Å². The van der Waals surface area contributed by atoms with Crippen molar-refractivity contribution in [1.29, 1.82) is 0 Å². The van der Waals surface area contributed by atoms with E-state index in [2.05, 4.69) is 73.0 Å². The van der Waals surface area contributed by atoms with Gasteiger partial charge in [-0.1, -0.05) is 0 Å². The van der Waals surface area contributed by atoms with Gasteiger partial charge in [0.05, 0.1) is 0 Å². The van der Waals surface area contributed by atoms with E-state index in [4.69, 9.17) is 0 Å². The first-order valence-electron chi connectivity index (χ1n) is 8.02. The molecule has 2 aromatic rings. The van der Waals surface area contributed by atoms with Crippen LogP contribution in [0.4, 0.5) is 0 Å². The average molecular weight is 424 g/mol. The van der Waals surface area contributed by atoms with Crippen molar-refractivity contribution in [2.45, 2.75) is 43.9 Å². The molecule has 2 aromatic carbocycles. The number of allylic oxidation sites excluding steroid dienone is 1. The van der Waals surface area contributed by atoms with E-state index in [0.717, 1.165) is 0 Å². The Bertz CT molecular complexity index is 548. The minimum atomic E-state index is -0.219. The zero-order chi connectivity index (χ0) is 15.5. The standard InChI is InChI=1S/C20H24STe/c1-2-3-4-9-16-20(22-19-14-10-6-11-15-19)17-21-18-12-7-5-8-13-18/h5-8,10-15,17H,2-4,9,16H2,1H3. The summed E-state index contributed by atoms with van der Waals surface area (Å²) in [5.41, 5.74) is 0. The van der Waals surface area contributed by atoms with Crippen molar-refractivity contribution in [3.63, 3.8) is 0 Å². The topological polar surface area (TPSA) is 0 Å². The number of rotatable bonds is 9. The second kappa shape index (κ2) is 10.9. The predicted molar refractivity (Wildman–Crippen MR) is 101 cm³/mol. The normalized spacial score (nSPS) is 11.6. The molecule has 0 aliphatic heterocycles. The quantitative estimate of drug-likeness (QED) is 0.286. The first-order valence-corrected chi connectivity index (χ1v) is 11.2. The van der Waals surface area contributed by atoms with Crippen molar-refractivity contribution in [3.05, 3.63) is 69.7 Å². The van der Waals surface area contributed by atoms with Crippen LogP contribution in [0, 0.1) is 0 Å². The Morgan fingerprint density at radius 2 is 1.59 bits per heavy atom. The van der Waals surface area contributed by atoms with Gasteiger partial charge in [0.15, 0.2) is 0 Å². The summed E-state index contributed by atoms with van der Waals surface area (Å²) in [6, 6.07) is 21.7. The van der Waals surface area contributed by atoms with Crippen LogP contribution in [0.25, 0.3) is 0 Å². The van der Waals surface area contributed by atoms with Gasteiger partial charge in [-0.2, -0.15) is 0 Å². The van der Waals surface area contributed by atoms with Gasteiger partial charge in [-0.15, -0.1) is 0 Å². The van der Waals surface area contributed by atoms with Crippen LogP contribution >= 0.6 is 11.8 Å². The molecule has 0 spiro atoms. The molecular weight excluding hydrogens is 400 g/mol. The van der Waals surface area contributed by atoms with Crippen molar-refractivity contribution in [1.82, 2.24) is 0 Å². The Hall–Kier alpha value is -0.680. The summed E-state index contributed by atoms with van der Waals surface area (Å²) >= 11 is 1.66. The van der Waals surface area contributed by atoms with Crippen LogP contribution in [0.1, 0.15) is 39.0 Å². The second-order valence-electron chi connectivity index (χ2n) is 5.24. The maximum absolute atomic E-state index is 2.43. The van der Waals surface area contributed by atoms with Crippen LogP contribution in [0.5, 0.6) is 0 Å². The van der Waals surface area contributed by atoms with Gasteiger partial charge in [0, 0.05) is 0 Å². The summed E-state index contributed by atoms with van der Waals surface area (Å²) in [7, 11) is 0.